The highest BCUT2D eigenvalue weighted by Crippen LogP contribution is 2.19. The zero-order valence-electron chi connectivity index (χ0n) is 11.1. The number of hydrogen-bond donors (Lipinski definition) is 1. The van der Waals surface area contributed by atoms with Crippen molar-refractivity contribution < 1.29 is 4.42 Å². The summed E-state index contributed by atoms with van der Waals surface area (Å²) >= 11 is 0. The second-order valence-electron chi connectivity index (χ2n) is 4.58. The number of furan rings is 1. The van der Waals surface area contributed by atoms with Gasteiger partial charge in [-0.15, -0.1) is 0 Å². The van der Waals surface area contributed by atoms with Crippen molar-refractivity contribution in [2.75, 3.05) is 6.54 Å². The zero-order chi connectivity index (χ0) is 12.8. The maximum absolute atomic E-state index is 5.50. The molecule has 0 radical (unpaired) electrons. The predicted molar refractivity (Wildman–Crippen MR) is 71.3 cm³/mol. The van der Waals surface area contributed by atoms with E-state index in [-0.39, 0.29) is 0 Å². The van der Waals surface area contributed by atoms with E-state index in [1.807, 2.05) is 30.1 Å². The van der Waals surface area contributed by atoms with E-state index in [9.17, 15) is 0 Å². The normalized spacial score (nSPS) is 12.8. The Morgan fingerprint density at radius 3 is 3.00 bits per heavy atom. The van der Waals surface area contributed by atoms with E-state index in [1.165, 1.54) is 5.56 Å². The van der Waals surface area contributed by atoms with E-state index in [1.54, 1.807) is 6.26 Å². The third-order valence-electron chi connectivity index (χ3n) is 3.01. The van der Waals surface area contributed by atoms with Gasteiger partial charge in [-0.3, -0.25) is 4.68 Å². The summed E-state index contributed by atoms with van der Waals surface area (Å²) in [6, 6.07) is 4.27. The maximum Gasteiger partial charge on any atom is 0.120 e. The van der Waals surface area contributed by atoms with Gasteiger partial charge in [0.1, 0.15) is 5.76 Å². The molecule has 18 heavy (non-hydrogen) atoms. The van der Waals surface area contributed by atoms with E-state index >= 15 is 0 Å². The second kappa shape index (κ2) is 6.40. The van der Waals surface area contributed by atoms with E-state index in [2.05, 4.69) is 23.5 Å². The largest absolute Gasteiger partial charge is 0.468 e. The topological polar surface area (TPSA) is 43.0 Å². The van der Waals surface area contributed by atoms with Crippen LogP contribution in [0.2, 0.25) is 0 Å². The minimum Gasteiger partial charge on any atom is -0.468 e. The van der Waals surface area contributed by atoms with Crippen molar-refractivity contribution in [2.45, 2.75) is 32.2 Å². The average molecular weight is 247 g/mol. The van der Waals surface area contributed by atoms with Gasteiger partial charge in [0.15, 0.2) is 0 Å². The first kappa shape index (κ1) is 12.9. The van der Waals surface area contributed by atoms with Crippen LogP contribution in [0.15, 0.2) is 35.2 Å². The molecule has 4 nitrogen and oxygen atoms in total. The van der Waals surface area contributed by atoms with Crippen molar-refractivity contribution in [3.63, 3.8) is 0 Å². The van der Waals surface area contributed by atoms with Crippen LogP contribution in [0.3, 0.4) is 0 Å². The Kier molecular flexibility index (Phi) is 4.59. The molecule has 2 aromatic rings. The summed E-state index contributed by atoms with van der Waals surface area (Å²) in [6.45, 7) is 3.19. The van der Waals surface area contributed by atoms with Crippen LogP contribution in [0.5, 0.6) is 0 Å². The van der Waals surface area contributed by atoms with Crippen molar-refractivity contribution in [2.24, 2.45) is 7.05 Å². The van der Waals surface area contributed by atoms with Crippen molar-refractivity contribution in [3.8, 4) is 0 Å². The van der Waals surface area contributed by atoms with Gasteiger partial charge in [-0.05, 0) is 43.5 Å². The van der Waals surface area contributed by atoms with Gasteiger partial charge in [-0.2, -0.15) is 5.10 Å². The van der Waals surface area contributed by atoms with Gasteiger partial charge in [-0.25, -0.2) is 0 Å². The second-order valence-corrected chi connectivity index (χ2v) is 4.58. The molecular formula is C14H21N3O. The van der Waals surface area contributed by atoms with E-state index in [0.717, 1.165) is 31.6 Å². The summed E-state index contributed by atoms with van der Waals surface area (Å²) in [7, 11) is 1.95. The molecule has 0 bridgehead atoms. The molecule has 0 saturated heterocycles. The lowest BCUT2D eigenvalue weighted by molar-refractivity contribution is 0.396. The highest BCUT2D eigenvalue weighted by molar-refractivity contribution is 5.08. The number of nitrogens with zero attached hydrogens (tertiary/aromatic N) is 2. The lowest BCUT2D eigenvalue weighted by atomic mass is 10.1. The lowest BCUT2D eigenvalue weighted by Gasteiger charge is -2.15. The van der Waals surface area contributed by atoms with Crippen LogP contribution in [0.1, 0.15) is 37.1 Å². The summed E-state index contributed by atoms with van der Waals surface area (Å²) in [5, 5.41) is 7.72. The summed E-state index contributed by atoms with van der Waals surface area (Å²) in [4.78, 5) is 0. The minimum atomic E-state index is 0.292. The van der Waals surface area contributed by atoms with Crippen LogP contribution in [-0.2, 0) is 13.5 Å². The number of aryl methyl sites for hydroxylation is 2. The van der Waals surface area contributed by atoms with Crippen molar-refractivity contribution in [3.05, 3.63) is 42.1 Å². The first-order chi connectivity index (χ1) is 8.79. The molecule has 2 aromatic heterocycles. The Bertz CT molecular complexity index is 447. The molecule has 0 saturated carbocycles. The van der Waals surface area contributed by atoms with Crippen LogP contribution in [0.25, 0.3) is 0 Å². The summed E-state index contributed by atoms with van der Waals surface area (Å²) < 4.78 is 7.35. The molecule has 1 atom stereocenters. The molecule has 0 amide bonds. The smallest absolute Gasteiger partial charge is 0.120 e. The molecule has 0 aliphatic rings. The quantitative estimate of drug-likeness (QED) is 0.818. The SMILES string of the molecule is CCCNC(CCc1cnn(C)c1)c1ccco1. The van der Waals surface area contributed by atoms with Crippen LogP contribution >= 0.6 is 0 Å². The predicted octanol–water partition coefficient (Wildman–Crippen LogP) is 2.69. The van der Waals surface area contributed by atoms with Crippen molar-refractivity contribution >= 4 is 0 Å². The molecule has 0 aromatic carbocycles. The molecule has 0 spiro atoms. The van der Waals surface area contributed by atoms with Crippen LogP contribution < -0.4 is 5.32 Å². The fourth-order valence-corrected chi connectivity index (χ4v) is 2.07. The molecule has 1 unspecified atom stereocenters. The van der Waals surface area contributed by atoms with Gasteiger partial charge in [-0.1, -0.05) is 6.92 Å². The maximum atomic E-state index is 5.50. The first-order valence-electron chi connectivity index (χ1n) is 6.54. The minimum absolute atomic E-state index is 0.292. The summed E-state index contributed by atoms with van der Waals surface area (Å²) in [5.74, 6) is 1.02. The molecule has 4 heteroatoms. The van der Waals surface area contributed by atoms with E-state index in [4.69, 9.17) is 4.42 Å². The van der Waals surface area contributed by atoms with Gasteiger partial charge < -0.3 is 9.73 Å². The molecule has 2 heterocycles. The van der Waals surface area contributed by atoms with Gasteiger partial charge >= 0.3 is 0 Å². The molecular weight excluding hydrogens is 226 g/mol. The molecule has 0 aliphatic carbocycles. The molecule has 98 valence electrons. The molecule has 0 fully saturated rings. The summed E-state index contributed by atoms with van der Waals surface area (Å²) in [5.41, 5.74) is 1.27. The van der Waals surface area contributed by atoms with Crippen LogP contribution in [0, 0.1) is 0 Å². The Balaban J connectivity index is 1.93. The molecule has 0 aliphatic heterocycles. The van der Waals surface area contributed by atoms with Crippen LogP contribution in [-0.4, -0.2) is 16.3 Å². The zero-order valence-corrected chi connectivity index (χ0v) is 11.1. The Morgan fingerprint density at radius 1 is 1.50 bits per heavy atom. The average Bonchev–Trinajstić information content (AvgIpc) is 3.01. The number of aromatic nitrogens is 2. The highest BCUT2D eigenvalue weighted by Gasteiger charge is 2.13. The third kappa shape index (κ3) is 3.47. The fourth-order valence-electron chi connectivity index (χ4n) is 2.07. The van der Waals surface area contributed by atoms with Crippen LogP contribution in [0.4, 0.5) is 0 Å². The fraction of sp³-hybridized carbons (Fsp3) is 0.500. The Morgan fingerprint density at radius 2 is 2.39 bits per heavy atom. The number of rotatable bonds is 7. The van der Waals surface area contributed by atoms with Gasteiger partial charge in [0.2, 0.25) is 0 Å². The molecule has 2 rings (SSSR count). The Labute approximate surface area is 108 Å². The standard InChI is InChI=1S/C14H21N3O/c1-3-8-15-13(14-5-4-9-18-14)7-6-12-10-16-17(2)11-12/h4-5,9-11,13,15H,3,6-8H2,1-2H3. The highest BCUT2D eigenvalue weighted by atomic mass is 16.3. The first-order valence-corrected chi connectivity index (χ1v) is 6.54. The van der Waals surface area contributed by atoms with Crippen molar-refractivity contribution in [1.82, 2.24) is 15.1 Å². The van der Waals surface area contributed by atoms with Crippen molar-refractivity contribution in [1.29, 1.82) is 0 Å². The summed E-state index contributed by atoms with van der Waals surface area (Å²) in [6.07, 6.45) is 8.90. The third-order valence-corrected chi connectivity index (χ3v) is 3.01. The van der Waals surface area contributed by atoms with E-state index in [0.29, 0.717) is 6.04 Å². The van der Waals surface area contributed by atoms with E-state index < -0.39 is 0 Å². The lowest BCUT2D eigenvalue weighted by Crippen LogP contribution is -2.22. The number of nitrogens with one attached hydrogen (secondary N) is 1. The van der Waals surface area contributed by atoms with Gasteiger partial charge in [0.05, 0.1) is 18.5 Å². The number of hydrogen-bond acceptors (Lipinski definition) is 3. The van der Waals surface area contributed by atoms with Gasteiger partial charge in [0.25, 0.3) is 0 Å². The Hall–Kier alpha value is -1.55. The monoisotopic (exact) mass is 247 g/mol. The van der Waals surface area contributed by atoms with Gasteiger partial charge in [0, 0.05) is 13.2 Å². The molecule has 1 N–H and O–H groups in total.